The Morgan fingerprint density at radius 3 is 1.41 bits per heavy atom. The maximum Gasteiger partial charge on any atom is 1.00 e. The van der Waals surface area contributed by atoms with Gasteiger partial charge in [0, 0.05) is 0 Å². The van der Waals surface area contributed by atoms with Crippen LogP contribution in [-0.2, 0) is 30.4 Å². The number of hydrogen-bond donors (Lipinski definition) is 1. The smallest absolute Gasteiger partial charge is 0.750 e. The molecule has 7 nitrogen and oxygen atoms in total. The second kappa shape index (κ2) is 24.9. The van der Waals surface area contributed by atoms with Gasteiger partial charge in [0.2, 0.25) is 0 Å². The molecule has 0 bridgehead atoms. The Balaban J connectivity index is -0.00000123. The van der Waals surface area contributed by atoms with Gasteiger partial charge in [-0.05, 0) is 24.7 Å². The normalized spacial score (nSPS) is 13.2. The molecular formula is C20H39KO7S. The second-order valence-electron chi connectivity index (χ2n) is 6.92. The Labute approximate surface area is 222 Å². The predicted molar refractivity (Wildman–Crippen MR) is 109 cm³/mol. The van der Waals surface area contributed by atoms with E-state index in [1.54, 1.807) is 0 Å². The Hall–Kier alpha value is 0.646. The fraction of sp³-hybridized carbons (Fsp3) is 0.900. The van der Waals surface area contributed by atoms with Crippen LogP contribution < -0.4 is 51.4 Å². The molecule has 0 aromatic heterocycles. The zero-order valence-corrected chi connectivity index (χ0v) is 22.9. The van der Waals surface area contributed by atoms with Crippen LogP contribution in [0.3, 0.4) is 0 Å². The molecule has 29 heavy (non-hydrogen) atoms. The molecule has 9 heteroatoms. The van der Waals surface area contributed by atoms with Gasteiger partial charge in [0.25, 0.3) is 0 Å². The zero-order chi connectivity index (χ0) is 21.8. The average Bonchev–Trinajstić information content (AvgIpc) is 2.66. The van der Waals surface area contributed by atoms with Crippen molar-refractivity contribution in [2.75, 3.05) is 13.2 Å². The Morgan fingerprint density at radius 1 is 0.862 bits per heavy atom. The number of hydrogen-bond acceptors (Lipinski definition) is 6. The van der Waals surface area contributed by atoms with E-state index in [-0.39, 0.29) is 76.2 Å². The maximum absolute atomic E-state index is 11.7. The SMILES string of the molecule is CCCCC(CC)COC(=O)CCC(=O)OCC(CC)CCCC.O=S([O-])O.[K+]. The molecule has 0 saturated carbocycles. The van der Waals surface area contributed by atoms with E-state index in [4.69, 9.17) is 22.8 Å². The van der Waals surface area contributed by atoms with Gasteiger partial charge in [0.1, 0.15) is 0 Å². The molecule has 0 fully saturated rings. The summed E-state index contributed by atoms with van der Waals surface area (Å²) in [5.41, 5.74) is 0. The van der Waals surface area contributed by atoms with Gasteiger partial charge in [-0.25, -0.2) is 4.21 Å². The number of carbonyl (C=O) groups excluding carboxylic acids is 2. The van der Waals surface area contributed by atoms with Crippen molar-refractivity contribution >= 4 is 23.3 Å². The maximum atomic E-state index is 11.7. The van der Waals surface area contributed by atoms with Crippen LogP contribution in [0, 0.1) is 11.8 Å². The molecule has 0 aliphatic carbocycles. The molecule has 0 spiro atoms. The quantitative estimate of drug-likeness (QED) is 0.223. The van der Waals surface area contributed by atoms with Crippen LogP contribution >= 0.6 is 0 Å². The fourth-order valence-corrected chi connectivity index (χ4v) is 2.57. The molecule has 0 aromatic rings. The summed E-state index contributed by atoms with van der Waals surface area (Å²) in [6.45, 7) is 9.51. The van der Waals surface area contributed by atoms with Gasteiger partial charge in [-0.2, -0.15) is 0 Å². The van der Waals surface area contributed by atoms with Crippen molar-refractivity contribution in [3.63, 3.8) is 0 Å². The summed E-state index contributed by atoms with van der Waals surface area (Å²) in [6, 6.07) is 0. The fourth-order valence-electron chi connectivity index (χ4n) is 2.57. The van der Waals surface area contributed by atoms with Gasteiger partial charge in [0.15, 0.2) is 0 Å². The standard InChI is InChI=1S/C20H38O4.K.H2O3S/c1-5-9-11-17(7-3)15-23-19(21)13-14-20(22)24-16-18(8-4)12-10-6-2;;1-4(2)3/h17-18H,5-16H2,1-4H3;;(H2,1,2,3)/q;+1;/p-1. The molecule has 168 valence electrons. The molecule has 3 unspecified atom stereocenters. The van der Waals surface area contributed by atoms with Crippen LogP contribution in [0.4, 0.5) is 0 Å². The van der Waals surface area contributed by atoms with E-state index < -0.39 is 11.4 Å². The summed E-state index contributed by atoms with van der Waals surface area (Å²) in [4.78, 5) is 23.5. The van der Waals surface area contributed by atoms with Crippen LogP contribution in [0.15, 0.2) is 0 Å². The molecule has 0 amide bonds. The number of rotatable bonds is 15. The minimum Gasteiger partial charge on any atom is -0.750 e. The molecule has 0 saturated heterocycles. The first-order valence-corrected chi connectivity index (χ1v) is 11.4. The first kappa shape index (κ1) is 34.3. The van der Waals surface area contributed by atoms with E-state index in [0.29, 0.717) is 25.0 Å². The summed E-state index contributed by atoms with van der Waals surface area (Å²) in [7, 11) is 0. The number of esters is 2. The van der Waals surface area contributed by atoms with Gasteiger partial charge >= 0.3 is 63.3 Å². The summed E-state index contributed by atoms with van der Waals surface area (Å²) in [6.07, 6.45) is 9.12. The van der Waals surface area contributed by atoms with Gasteiger partial charge in [-0.1, -0.05) is 66.2 Å². The van der Waals surface area contributed by atoms with Crippen molar-refractivity contribution in [2.45, 2.75) is 91.9 Å². The number of carbonyl (C=O) groups is 2. The van der Waals surface area contributed by atoms with Gasteiger partial charge in [-0.3, -0.25) is 9.59 Å². The van der Waals surface area contributed by atoms with E-state index in [9.17, 15) is 9.59 Å². The Morgan fingerprint density at radius 2 is 1.17 bits per heavy atom. The van der Waals surface area contributed by atoms with Crippen LogP contribution in [0.1, 0.15) is 91.9 Å². The zero-order valence-electron chi connectivity index (χ0n) is 18.9. The molecule has 0 aliphatic rings. The van der Waals surface area contributed by atoms with Crippen LogP contribution in [-0.4, -0.2) is 38.5 Å². The average molecular weight is 463 g/mol. The Kier molecular flexibility index (Phi) is 29.4. The third-order valence-electron chi connectivity index (χ3n) is 4.58. The summed E-state index contributed by atoms with van der Waals surface area (Å²) >= 11 is -2.86. The first-order chi connectivity index (χ1) is 13.3. The molecule has 0 rings (SSSR count). The van der Waals surface area contributed by atoms with Gasteiger partial charge in [0.05, 0.1) is 37.4 Å². The molecule has 0 heterocycles. The van der Waals surface area contributed by atoms with Crippen LogP contribution in [0.5, 0.6) is 0 Å². The van der Waals surface area contributed by atoms with E-state index in [1.807, 2.05) is 0 Å². The minimum atomic E-state index is -2.86. The van der Waals surface area contributed by atoms with E-state index in [2.05, 4.69) is 27.7 Å². The van der Waals surface area contributed by atoms with Crippen molar-refractivity contribution in [1.29, 1.82) is 0 Å². The third kappa shape index (κ3) is 26.6. The van der Waals surface area contributed by atoms with Crippen molar-refractivity contribution < 1.29 is 83.8 Å². The van der Waals surface area contributed by atoms with E-state index in [1.165, 1.54) is 12.8 Å². The van der Waals surface area contributed by atoms with Crippen LogP contribution in [0.2, 0.25) is 0 Å². The summed E-state index contributed by atoms with van der Waals surface area (Å²) in [5.74, 6) is 0.286. The van der Waals surface area contributed by atoms with Crippen molar-refractivity contribution in [3.8, 4) is 0 Å². The van der Waals surface area contributed by atoms with E-state index in [0.717, 1.165) is 38.5 Å². The molecule has 0 aliphatic heterocycles. The Bertz CT molecular complexity index is 386. The van der Waals surface area contributed by atoms with Crippen LogP contribution in [0.25, 0.3) is 0 Å². The summed E-state index contributed by atoms with van der Waals surface area (Å²) in [5, 5.41) is 0. The monoisotopic (exact) mass is 462 g/mol. The van der Waals surface area contributed by atoms with Gasteiger partial charge in [-0.15, -0.1) is 0 Å². The summed E-state index contributed by atoms with van der Waals surface area (Å²) < 4.78 is 34.7. The molecule has 3 atom stereocenters. The molecular weight excluding hydrogens is 423 g/mol. The first-order valence-electron chi connectivity index (χ1n) is 10.4. The van der Waals surface area contributed by atoms with Crippen molar-refractivity contribution in [3.05, 3.63) is 0 Å². The number of ether oxygens (including phenoxy) is 2. The number of unbranched alkanes of at least 4 members (excludes halogenated alkanes) is 2. The predicted octanol–water partition coefficient (Wildman–Crippen LogP) is 1.63. The second-order valence-corrected chi connectivity index (χ2v) is 7.35. The van der Waals surface area contributed by atoms with Crippen molar-refractivity contribution in [2.24, 2.45) is 11.8 Å². The molecule has 0 radical (unpaired) electrons. The topological polar surface area (TPSA) is 113 Å². The van der Waals surface area contributed by atoms with Crippen molar-refractivity contribution in [1.82, 2.24) is 0 Å². The minimum absolute atomic E-state index is 0. The third-order valence-corrected chi connectivity index (χ3v) is 4.58. The van der Waals surface area contributed by atoms with E-state index >= 15 is 0 Å². The van der Waals surface area contributed by atoms with Gasteiger partial charge < -0.3 is 18.6 Å². The largest absolute Gasteiger partial charge is 1.00 e. The molecule has 1 N–H and O–H groups in total. The molecule has 0 aromatic carbocycles.